The van der Waals surface area contributed by atoms with Gasteiger partial charge >= 0.3 is 0 Å². The summed E-state index contributed by atoms with van der Waals surface area (Å²) in [4.78, 5) is 23.1. The van der Waals surface area contributed by atoms with Gasteiger partial charge in [0.2, 0.25) is 0 Å². The van der Waals surface area contributed by atoms with E-state index in [0.717, 1.165) is 4.91 Å². The van der Waals surface area contributed by atoms with Gasteiger partial charge in [-0.25, -0.2) is 0 Å². The first-order valence-electron chi connectivity index (χ1n) is 7.07. The van der Waals surface area contributed by atoms with Crippen LogP contribution in [0.5, 0.6) is 5.75 Å². The summed E-state index contributed by atoms with van der Waals surface area (Å²) >= 11 is 1.64. The predicted molar refractivity (Wildman–Crippen MR) is 87.1 cm³/mol. The van der Waals surface area contributed by atoms with Crippen LogP contribution in [0.25, 0.3) is 0 Å². The minimum atomic E-state index is -0.662. The van der Waals surface area contributed by atoms with Crippen molar-refractivity contribution in [3.63, 3.8) is 0 Å². The summed E-state index contributed by atoms with van der Waals surface area (Å²) in [5, 5.41) is 10.9. The SMILES string of the molecule is CC1SC(C(C)(C)Oc2ccc([N+](=O)[O-])cc2)=CC(=O)C1C. The van der Waals surface area contributed by atoms with Crippen molar-refractivity contribution in [3.05, 3.63) is 45.4 Å². The van der Waals surface area contributed by atoms with Crippen molar-refractivity contribution >= 4 is 23.2 Å². The summed E-state index contributed by atoms with van der Waals surface area (Å²) in [6, 6.07) is 5.96. The third-order valence-electron chi connectivity index (χ3n) is 3.75. The second kappa shape index (κ2) is 6.12. The van der Waals surface area contributed by atoms with E-state index in [1.54, 1.807) is 30.0 Å². The van der Waals surface area contributed by atoms with Crippen LogP contribution < -0.4 is 4.74 Å². The van der Waals surface area contributed by atoms with Crippen LogP contribution in [0.15, 0.2) is 35.2 Å². The molecule has 0 aromatic heterocycles. The molecule has 0 bridgehead atoms. The van der Waals surface area contributed by atoms with Gasteiger partial charge in [0.25, 0.3) is 5.69 Å². The maximum absolute atomic E-state index is 12.0. The van der Waals surface area contributed by atoms with Gasteiger partial charge in [0.1, 0.15) is 11.4 Å². The van der Waals surface area contributed by atoms with E-state index in [2.05, 4.69) is 0 Å². The minimum absolute atomic E-state index is 0.00363. The summed E-state index contributed by atoms with van der Waals surface area (Å²) in [7, 11) is 0. The molecule has 0 saturated carbocycles. The second-order valence-electron chi connectivity index (χ2n) is 5.89. The molecule has 1 aromatic carbocycles. The lowest BCUT2D eigenvalue weighted by Gasteiger charge is -2.34. The van der Waals surface area contributed by atoms with Gasteiger partial charge < -0.3 is 4.74 Å². The van der Waals surface area contributed by atoms with E-state index < -0.39 is 10.5 Å². The molecule has 2 atom stereocenters. The zero-order valence-electron chi connectivity index (χ0n) is 13.0. The molecule has 1 heterocycles. The lowest BCUT2D eigenvalue weighted by molar-refractivity contribution is -0.384. The molecule has 5 nitrogen and oxygen atoms in total. The van der Waals surface area contributed by atoms with Gasteiger partial charge in [-0.05, 0) is 32.1 Å². The number of hydrogen-bond acceptors (Lipinski definition) is 5. The molecular weight excluding hydrogens is 302 g/mol. The Balaban J connectivity index is 2.18. The normalized spacial score (nSPS) is 22.2. The standard InChI is InChI=1S/C16H19NO4S/c1-10-11(2)22-15(9-14(10)18)16(3,4)21-13-7-5-12(6-8-13)17(19)20/h5-11H,1-4H3. The summed E-state index contributed by atoms with van der Waals surface area (Å²) in [5.41, 5.74) is -0.640. The Bertz CT molecular complexity index is 622. The van der Waals surface area contributed by atoms with E-state index in [1.165, 1.54) is 12.1 Å². The van der Waals surface area contributed by atoms with Crippen molar-refractivity contribution < 1.29 is 14.5 Å². The summed E-state index contributed by atoms with van der Waals surface area (Å²) < 4.78 is 5.94. The first-order valence-corrected chi connectivity index (χ1v) is 7.95. The lowest BCUT2D eigenvalue weighted by atomic mass is 9.99. The first kappa shape index (κ1) is 16.5. The van der Waals surface area contributed by atoms with Crippen molar-refractivity contribution in [2.45, 2.75) is 38.5 Å². The van der Waals surface area contributed by atoms with Gasteiger partial charge in [0.15, 0.2) is 5.78 Å². The summed E-state index contributed by atoms with van der Waals surface area (Å²) in [5.74, 6) is 0.654. The highest BCUT2D eigenvalue weighted by Crippen LogP contribution is 2.40. The molecule has 6 heteroatoms. The van der Waals surface area contributed by atoms with Gasteiger partial charge in [0, 0.05) is 28.2 Å². The zero-order valence-corrected chi connectivity index (χ0v) is 13.8. The molecular formula is C16H19NO4S. The Labute approximate surface area is 133 Å². The van der Waals surface area contributed by atoms with E-state index in [1.807, 2.05) is 27.7 Å². The Hall–Kier alpha value is -1.82. The van der Waals surface area contributed by atoms with Crippen molar-refractivity contribution in [1.29, 1.82) is 0 Å². The topological polar surface area (TPSA) is 69.4 Å². The van der Waals surface area contributed by atoms with Crippen LogP contribution in [-0.4, -0.2) is 21.6 Å². The number of benzene rings is 1. The van der Waals surface area contributed by atoms with E-state index in [4.69, 9.17) is 4.74 Å². The number of rotatable bonds is 4. The van der Waals surface area contributed by atoms with Crippen LogP contribution >= 0.6 is 11.8 Å². The molecule has 1 aromatic rings. The largest absolute Gasteiger partial charge is 0.483 e. The minimum Gasteiger partial charge on any atom is -0.483 e. The fourth-order valence-corrected chi connectivity index (χ4v) is 3.37. The summed E-state index contributed by atoms with van der Waals surface area (Å²) in [6.45, 7) is 7.74. The molecule has 0 spiro atoms. The molecule has 0 N–H and O–H groups in total. The fourth-order valence-electron chi connectivity index (χ4n) is 2.12. The molecule has 0 radical (unpaired) electrons. The predicted octanol–water partition coefficient (Wildman–Crippen LogP) is 3.98. The number of hydrogen-bond donors (Lipinski definition) is 0. The molecule has 118 valence electrons. The monoisotopic (exact) mass is 321 g/mol. The zero-order chi connectivity index (χ0) is 16.5. The van der Waals surface area contributed by atoms with Gasteiger partial charge in [0.05, 0.1) is 4.92 Å². The number of ketones is 1. The molecule has 0 amide bonds. The van der Waals surface area contributed by atoms with Crippen LogP contribution in [0.3, 0.4) is 0 Å². The number of non-ortho nitro benzene ring substituents is 1. The lowest BCUT2D eigenvalue weighted by Crippen LogP contribution is -2.35. The smallest absolute Gasteiger partial charge is 0.269 e. The molecule has 0 aliphatic carbocycles. The Kier molecular flexibility index (Phi) is 4.60. The van der Waals surface area contributed by atoms with Gasteiger partial charge in [-0.1, -0.05) is 13.8 Å². The third kappa shape index (κ3) is 3.50. The van der Waals surface area contributed by atoms with E-state index in [-0.39, 0.29) is 22.6 Å². The highest BCUT2D eigenvalue weighted by Gasteiger charge is 2.34. The quantitative estimate of drug-likeness (QED) is 0.620. The number of nitro benzene ring substituents is 1. The van der Waals surface area contributed by atoms with Crippen LogP contribution in [0, 0.1) is 16.0 Å². The van der Waals surface area contributed by atoms with Gasteiger partial charge in [-0.3, -0.25) is 14.9 Å². The van der Waals surface area contributed by atoms with Crippen LogP contribution in [-0.2, 0) is 4.79 Å². The van der Waals surface area contributed by atoms with Crippen molar-refractivity contribution in [2.24, 2.45) is 5.92 Å². The Morgan fingerprint density at radius 3 is 2.32 bits per heavy atom. The molecule has 2 rings (SSSR count). The summed E-state index contributed by atoms with van der Waals surface area (Å²) in [6.07, 6.45) is 1.65. The molecule has 1 aliphatic rings. The number of carbonyl (C=O) groups excluding carboxylic acids is 1. The maximum atomic E-state index is 12.0. The first-order chi connectivity index (χ1) is 10.2. The molecule has 0 fully saturated rings. The molecule has 2 unspecified atom stereocenters. The van der Waals surface area contributed by atoms with Crippen LogP contribution in [0.4, 0.5) is 5.69 Å². The average Bonchev–Trinajstić information content (AvgIpc) is 2.44. The molecule has 1 aliphatic heterocycles. The van der Waals surface area contributed by atoms with Crippen molar-refractivity contribution in [2.75, 3.05) is 0 Å². The van der Waals surface area contributed by atoms with Crippen LogP contribution in [0.1, 0.15) is 27.7 Å². The number of ether oxygens (including phenoxy) is 1. The highest BCUT2D eigenvalue weighted by molar-refractivity contribution is 8.03. The van der Waals surface area contributed by atoms with E-state index in [9.17, 15) is 14.9 Å². The maximum Gasteiger partial charge on any atom is 0.269 e. The van der Waals surface area contributed by atoms with Crippen molar-refractivity contribution in [3.8, 4) is 5.75 Å². The van der Waals surface area contributed by atoms with Crippen LogP contribution in [0.2, 0.25) is 0 Å². The number of nitrogens with zero attached hydrogens (tertiary/aromatic N) is 1. The highest BCUT2D eigenvalue weighted by atomic mass is 32.2. The molecule has 22 heavy (non-hydrogen) atoms. The van der Waals surface area contributed by atoms with Gasteiger partial charge in [-0.2, -0.15) is 0 Å². The number of carbonyl (C=O) groups is 1. The van der Waals surface area contributed by atoms with Crippen molar-refractivity contribution in [1.82, 2.24) is 0 Å². The van der Waals surface area contributed by atoms with E-state index in [0.29, 0.717) is 5.75 Å². The number of nitro groups is 1. The molecule has 0 saturated heterocycles. The second-order valence-corrected chi connectivity index (χ2v) is 7.31. The third-order valence-corrected chi connectivity index (χ3v) is 5.40. The number of thioether (sulfide) groups is 1. The number of allylic oxidation sites excluding steroid dienone is 1. The fraction of sp³-hybridized carbons (Fsp3) is 0.438. The van der Waals surface area contributed by atoms with E-state index >= 15 is 0 Å². The van der Waals surface area contributed by atoms with Gasteiger partial charge in [-0.15, -0.1) is 11.8 Å². The Morgan fingerprint density at radius 2 is 1.82 bits per heavy atom. The average molecular weight is 321 g/mol. The Morgan fingerprint density at radius 1 is 1.23 bits per heavy atom.